The monoisotopic (exact) mass is 254 g/mol. The zero-order valence-electron chi connectivity index (χ0n) is 10.3. The molecule has 7 nitrogen and oxygen atoms in total. The molecule has 1 aromatic rings. The van der Waals surface area contributed by atoms with E-state index in [0.29, 0.717) is 25.9 Å². The van der Waals surface area contributed by atoms with Crippen LogP contribution in [-0.2, 0) is 11.3 Å². The van der Waals surface area contributed by atoms with Crippen LogP contribution in [0.5, 0.6) is 0 Å². The van der Waals surface area contributed by atoms with Gasteiger partial charge >= 0.3 is 12.0 Å². The van der Waals surface area contributed by atoms with Gasteiger partial charge in [0.15, 0.2) is 0 Å². The topological polar surface area (TPSA) is 107 Å². The Morgan fingerprint density at radius 2 is 2.28 bits per heavy atom. The predicted molar refractivity (Wildman–Crippen MR) is 64.9 cm³/mol. The molecular formula is C11H18N4O3. The van der Waals surface area contributed by atoms with Gasteiger partial charge in [-0.2, -0.15) is 0 Å². The Hall–Kier alpha value is -2.05. The summed E-state index contributed by atoms with van der Waals surface area (Å²) in [5, 5.41) is 14.0. The van der Waals surface area contributed by atoms with Gasteiger partial charge in [-0.3, -0.25) is 4.79 Å². The molecule has 1 unspecified atom stereocenters. The van der Waals surface area contributed by atoms with Crippen LogP contribution >= 0.6 is 0 Å². The van der Waals surface area contributed by atoms with E-state index < -0.39 is 5.97 Å². The molecule has 4 N–H and O–H groups in total. The number of carboxylic acids is 1. The molecule has 0 fully saturated rings. The maximum absolute atomic E-state index is 11.3. The average Bonchev–Trinajstić information content (AvgIpc) is 2.84. The molecule has 0 spiro atoms. The van der Waals surface area contributed by atoms with E-state index in [0.717, 1.165) is 5.69 Å². The number of aliphatic carboxylic acids is 1. The highest BCUT2D eigenvalue weighted by molar-refractivity contribution is 5.73. The number of carboxylic acid groups (broad SMARTS) is 1. The van der Waals surface area contributed by atoms with Crippen molar-refractivity contribution < 1.29 is 14.7 Å². The molecule has 0 radical (unpaired) electrons. The van der Waals surface area contributed by atoms with Crippen LogP contribution in [0.25, 0.3) is 0 Å². The van der Waals surface area contributed by atoms with Crippen molar-refractivity contribution in [3.63, 3.8) is 0 Å². The molecule has 0 aliphatic carbocycles. The third-order valence-corrected chi connectivity index (χ3v) is 2.52. The van der Waals surface area contributed by atoms with Crippen LogP contribution in [0.15, 0.2) is 12.5 Å². The second kappa shape index (κ2) is 7.31. The fraction of sp³-hybridized carbons (Fsp3) is 0.545. The van der Waals surface area contributed by atoms with Crippen LogP contribution in [0, 0.1) is 5.92 Å². The molecule has 0 aliphatic heterocycles. The molecule has 100 valence electrons. The highest BCUT2D eigenvalue weighted by Gasteiger charge is 2.09. The Bertz CT molecular complexity index is 378. The van der Waals surface area contributed by atoms with E-state index >= 15 is 0 Å². The van der Waals surface area contributed by atoms with Gasteiger partial charge in [-0.25, -0.2) is 9.78 Å². The standard InChI is InChI=1S/C11H18N4O3/c1-8(10(16)17)3-2-4-13-11(18)14-6-9-5-12-7-15-9/h5,7-8H,2-4,6H2,1H3,(H,12,15)(H,16,17)(H2,13,14,18). The lowest BCUT2D eigenvalue weighted by molar-refractivity contribution is -0.141. The molecule has 0 aromatic carbocycles. The summed E-state index contributed by atoms with van der Waals surface area (Å²) in [5.74, 6) is -1.18. The van der Waals surface area contributed by atoms with Crippen LogP contribution in [0.4, 0.5) is 4.79 Å². The van der Waals surface area contributed by atoms with Crippen molar-refractivity contribution >= 4 is 12.0 Å². The van der Waals surface area contributed by atoms with Crippen molar-refractivity contribution in [2.24, 2.45) is 5.92 Å². The molecule has 0 aliphatic rings. The summed E-state index contributed by atoms with van der Waals surface area (Å²) in [6.45, 7) is 2.50. The lowest BCUT2D eigenvalue weighted by Gasteiger charge is -2.08. The third-order valence-electron chi connectivity index (χ3n) is 2.52. The van der Waals surface area contributed by atoms with Gasteiger partial charge in [0.1, 0.15) is 0 Å². The first kappa shape index (κ1) is 14.0. The molecule has 1 heterocycles. The molecule has 1 atom stereocenters. The molecule has 2 amide bonds. The van der Waals surface area contributed by atoms with Gasteiger partial charge in [0, 0.05) is 12.7 Å². The molecular weight excluding hydrogens is 236 g/mol. The van der Waals surface area contributed by atoms with E-state index in [1.807, 2.05) is 0 Å². The van der Waals surface area contributed by atoms with Crippen molar-refractivity contribution in [2.45, 2.75) is 26.3 Å². The van der Waals surface area contributed by atoms with Gasteiger partial charge in [-0.05, 0) is 12.8 Å². The van der Waals surface area contributed by atoms with Gasteiger partial charge in [0.2, 0.25) is 0 Å². The summed E-state index contributed by atoms with van der Waals surface area (Å²) < 4.78 is 0. The number of nitrogens with one attached hydrogen (secondary N) is 3. The Morgan fingerprint density at radius 3 is 2.89 bits per heavy atom. The minimum Gasteiger partial charge on any atom is -0.481 e. The van der Waals surface area contributed by atoms with Gasteiger partial charge < -0.3 is 20.7 Å². The zero-order valence-corrected chi connectivity index (χ0v) is 10.3. The summed E-state index contributed by atoms with van der Waals surface area (Å²) >= 11 is 0. The van der Waals surface area contributed by atoms with E-state index in [2.05, 4.69) is 20.6 Å². The number of carbonyl (C=O) groups is 2. The average molecular weight is 254 g/mol. The number of urea groups is 1. The molecule has 0 bridgehead atoms. The van der Waals surface area contributed by atoms with Crippen LogP contribution < -0.4 is 10.6 Å². The summed E-state index contributed by atoms with van der Waals surface area (Å²) in [4.78, 5) is 28.6. The van der Waals surface area contributed by atoms with Crippen molar-refractivity contribution in [2.75, 3.05) is 6.54 Å². The van der Waals surface area contributed by atoms with Crippen molar-refractivity contribution in [1.29, 1.82) is 0 Å². The van der Waals surface area contributed by atoms with E-state index in [1.165, 1.54) is 0 Å². The second-order valence-electron chi connectivity index (χ2n) is 4.07. The molecule has 0 saturated carbocycles. The van der Waals surface area contributed by atoms with Crippen LogP contribution in [-0.4, -0.2) is 33.6 Å². The first-order valence-corrected chi connectivity index (χ1v) is 5.81. The maximum atomic E-state index is 11.3. The fourth-order valence-electron chi connectivity index (χ4n) is 1.35. The zero-order chi connectivity index (χ0) is 13.4. The van der Waals surface area contributed by atoms with Crippen molar-refractivity contribution in [3.8, 4) is 0 Å². The number of imidazole rings is 1. The first-order valence-electron chi connectivity index (χ1n) is 5.81. The van der Waals surface area contributed by atoms with Crippen molar-refractivity contribution in [1.82, 2.24) is 20.6 Å². The number of hydrogen-bond acceptors (Lipinski definition) is 3. The number of rotatable bonds is 7. The fourth-order valence-corrected chi connectivity index (χ4v) is 1.35. The van der Waals surface area contributed by atoms with Gasteiger partial charge in [-0.15, -0.1) is 0 Å². The van der Waals surface area contributed by atoms with Crippen LogP contribution in [0.1, 0.15) is 25.5 Å². The van der Waals surface area contributed by atoms with Crippen molar-refractivity contribution in [3.05, 3.63) is 18.2 Å². The van der Waals surface area contributed by atoms with Crippen LogP contribution in [0.3, 0.4) is 0 Å². The van der Waals surface area contributed by atoms with Gasteiger partial charge in [0.05, 0.1) is 24.5 Å². The quantitative estimate of drug-likeness (QED) is 0.537. The Kier molecular flexibility index (Phi) is 5.69. The Labute approximate surface area is 105 Å². The predicted octanol–water partition coefficient (Wildman–Crippen LogP) is 0.710. The number of aromatic amines is 1. The van der Waals surface area contributed by atoms with Gasteiger partial charge in [0.25, 0.3) is 0 Å². The normalized spacial score (nSPS) is 11.8. The van der Waals surface area contributed by atoms with E-state index in [4.69, 9.17) is 5.11 Å². The van der Waals surface area contributed by atoms with Crippen LogP contribution in [0.2, 0.25) is 0 Å². The number of hydrogen-bond donors (Lipinski definition) is 4. The number of amides is 2. The molecule has 18 heavy (non-hydrogen) atoms. The number of carbonyl (C=O) groups excluding carboxylic acids is 1. The number of aromatic nitrogens is 2. The maximum Gasteiger partial charge on any atom is 0.315 e. The summed E-state index contributed by atoms with van der Waals surface area (Å²) in [7, 11) is 0. The molecule has 1 aromatic heterocycles. The van der Waals surface area contributed by atoms with E-state index in [1.54, 1.807) is 19.4 Å². The smallest absolute Gasteiger partial charge is 0.315 e. The lowest BCUT2D eigenvalue weighted by atomic mass is 10.1. The third kappa shape index (κ3) is 5.33. The van der Waals surface area contributed by atoms with E-state index in [-0.39, 0.29) is 11.9 Å². The lowest BCUT2D eigenvalue weighted by Crippen LogP contribution is -2.35. The molecule has 1 rings (SSSR count). The molecule has 0 saturated heterocycles. The summed E-state index contributed by atoms with van der Waals surface area (Å²) in [5.41, 5.74) is 0.824. The van der Waals surface area contributed by atoms with E-state index in [9.17, 15) is 9.59 Å². The summed E-state index contributed by atoms with van der Waals surface area (Å²) in [6.07, 6.45) is 4.37. The Morgan fingerprint density at radius 1 is 1.50 bits per heavy atom. The van der Waals surface area contributed by atoms with Gasteiger partial charge in [-0.1, -0.05) is 6.92 Å². The minimum atomic E-state index is -0.807. The summed E-state index contributed by atoms with van der Waals surface area (Å²) in [6, 6.07) is -0.271. The highest BCUT2D eigenvalue weighted by atomic mass is 16.4. The second-order valence-corrected chi connectivity index (χ2v) is 4.07. The molecule has 7 heteroatoms. The number of H-pyrrole nitrogens is 1. The first-order chi connectivity index (χ1) is 8.59. The SMILES string of the molecule is CC(CCCNC(=O)NCc1cnc[nH]1)C(=O)O. The number of nitrogens with zero attached hydrogens (tertiary/aromatic N) is 1. The Balaban J connectivity index is 2.05. The highest BCUT2D eigenvalue weighted by Crippen LogP contribution is 2.03. The minimum absolute atomic E-state index is 0.271. The largest absolute Gasteiger partial charge is 0.481 e.